The number of carbonyl (C=O) groups is 3. The summed E-state index contributed by atoms with van der Waals surface area (Å²) in [6.45, 7) is 6.32. The molecule has 0 aliphatic carbocycles. The summed E-state index contributed by atoms with van der Waals surface area (Å²) in [7, 11) is 0. The normalized spacial score (nSPS) is 19.2. The number of thiazole rings is 1. The molecule has 3 fully saturated rings. The van der Waals surface area contributed by atoms with Crippen LogP contribution < -0.4 is 21.3 Å². The van der Waals surface area contributed by atoms with Crippen LogP contribution in [0.4, 0.5) is 5.00 Å². The summed E-state index contributed by atoms with van der Waals surface area (Å²) in [5, 5.41) is 14.2. The van der Waals surface area contributed by atoms with E-state index in [1.807, 2.05) is 17.2 Å². The molecule has 0 saturated carbocycles. The third-order valence-electron chi connectivity index (χ3n) is 7.87. The topological polar surface area (TPSA) is 115 Å². The number of carbonyl (C=O) groups excluding carboxylic acids is 3. The standard InChI is InChI=1S/C29H34N6O3S2/c1-17(36)32-13-20-5-4-19(10-21(20)9-18-11-30-12-18)25-14-33-28(40-25)22-15-35(16-22)29(38)24-6-7-26(39-24)34-27(37)23-3-2-8-31-23/h4-7,10,14,18,22-23,30-31H,2-3,8-9,11-13,15-16H2,1H3,(H,32,36)(H,34,37)/t23-/m0/s1. The molecule has 2 aromatic heterocycles. The fourth-order valence-electron chi connectivity index (χ4n) is 5.37. The highest BCUT2D eigenvalue weighted by molar-refractivity contribution is 7.18. The maximum atomic E-state index is 13.0. The lowest BCUT2D eigenvalue weighted by atomic mass is 9.90. The molecule has 1 atom stereocenters. The lowest BCUT2D eigenvalue weighted by Crippen LogP contribution is -2.48. The molecule has 3 aliphatic rings. The predicted octanol–water partition coefficient (Wildman–Crippen LogP) is 3.20. The molecule has 5 heterocycles. The van der Waals surface area contributed by atoms with Crippen LogP contribution in [0.5, 0.6) is 0 Å². The summed E-state index contributed by atoms with van der Waals surface area (Å²) in [5.74, 6) is 0.805. The van der Waals surface area contributed by atoms with Gasteiger partial charge in [-0.2, -0.15) is 0 Å². The largest absolute Gasteiger partial charge is 0.352 e. The van der Waals surface area contributed by atoms with Crippen molar-refractivity contribution in [2.75, 3.05) is 38.0 Å². The number of aromatic nitrogens is 1. The van der Waals surface area contributed by atoms with Crippen LogP contribution >= 0.6 is 22.7 Å². The third-order valence-corrected chi connectivity index (χ3v) is 10.1. The number of likely N-dealkylation sites (tertiary alicyclic amines) is 1. The van der Waals surface area contributed by atoms with Gasteiger partial charge in [0.15, 0.2) is 0 Å². The van der Waals surface area contributed by atoms with Gasteiger partial charge < -0.3 is 26.2 Å². The number of benzene rings is 1. The molecule has 4 N–H and O–H groups in total. The van der Waals surface area contributed by atoms with Crippen LogP contribution in [-0.4, -0.2) is 66.4 Å². The third kappa shape index (κ3) is 5.97. The van der Waals surface area contributed by atoms with Crippen molar-refractivity contribution in [3.63, 3.8) is 0 Å². The molecule has 1 aromatic carbocycles. The van der Waals surface area contributed by atoms with Crippen molar-refractivity contribution in [1.29, 1.82) is 0 Å². The van der Waals surface area contributed by atoms with Gasteiger partial charge in [-0.15, -0.1) is 22.7 Å². The summed E-state index contributed by atoms with van der Waals surface area (Å²) >= 11 is 3.02. The molecule has 9 nitrogen and oxygen atoms in total. The number of nitrogens with one attached hydrogen (secondary N) is 4. The SMILES string of the molecule is CC(=O)NCc1ccc(-c2cnc(C3CN(C(=O)c4ccc(NC(=O)[C@@H]5CCCN5)s4)C3)s2)cc1CC1CNC1. The van der Waals surface area contributed by atoms with Crippen molar-refractivity contribution in [2.24, 2.45) is 5.92 Å². The Morgan fingerprint density at radius 2 is 1.95 bits per heavy atom. The highest BCUT2D eigenvalue weighted by atomic mass is 32.1. The van der Waals surface area contributed by atoms with Gasteiger partial charge in [0.05, 0.1) is 25.8 Å². The Morgan fingerprint density at radius 1 is 1.10 bits per heavy atom. The monoisotopic (exact) mass is 578 g/mol. The van der Waals surface area contributed by atoms with Gasteiger partial charge in [0.1, 0.15) is 0 Å². The van der Waals surface area contributed by atoms with Gasteiger partial charge in [-0.25, -0.2) is 4.98 Å². The first-order chi connectivity index (χ1) is 19.4. The quantitative estimate of drug-likeness (QED) is 0.310. The molecular formula is C29H34N6O3S2. The van der Waals surface area contributed by atoms with Crippen molar-refractivity contribution >= 4 is 45.4 Å². The molecule has 0 unspecified atom stereocenters. The average molecular weight is 579 g/mol. The van der Waals surface area contributed by atoms with Crippen LogP contribution in [-0.2, 0) is 22.6 Å². The van der Waals surface area contributed by atoms with Crippen LogP contribution in [0.3, 0.4) is 0 Å². The molecule has 3 saturated heterocycles. The van der Waals surface area contributed by atoms with Crippen molar-refractivity contribution in [2.45, 2.75) is 44.7 Å². The number of rotatable bonds is 9. The zero-order valence-electron chi connectivity index (χ0n) is 22.5. The fourth-order valence-corrected chi connectivity index (χ4v) is 7.24. The predicted molar refractivity (Wildman–Crippen MR) is 158 cm³/mol. The summed E-state index contributed by atoms with van der Waals surface area (Å²) in [6, 6.07) is 9.95. The number of thiophene rings is 1. The molecule has 3 aliphatic heterocycles. The van der Waals surface area contributed by atoms with Crippen molar-refractivity contribution in [3.8, 4) is 10.4 Å². The molecule has 0 radical (unpaired) electrons. The van der Waals surface area contributed by atoms with E-state index in [4.69, 9.17) is 4.98 Å². The van der Waals surface area contributed by atoms with Crippen molar-refractivity contribution in [1.82, 2.24) is 25.8 Å². The van der Waals surface area contributed by atoms with E-state index in [1.165, 1.54) is 16.9 Å². The lowest BCUT2D eigenvalue weighted by molar-refractivity contribution is -0.119. The Morgan fingerprint density at radius 3 is 2.67 bits per heavy atom. The smallest absolute Gasteiger partial charge is 0.264 e. The number of anilines is 1. The van der Waals surface area contributed by atoms with E-state index in [-0.39, 0.29) is 29.7 Å². The Kier molecular flexibility index (Phi) is 7.97. The van der Waals surface area contributed by atoms with Crippen molar-refractivity contribution in [3.05, 3.63) is 57.5 Å². The maximum absolute atomic E-state index is 13.0. The van der Waals surface area contributed by atoms with Crippen LogP contribution in [0.1, 0.15) is 51.5 Å². The first-order valence-electron chi connectivity index (χ1n) is 13.9. The summed E-state index contributed by atoms with van der Waals surface area (Å²) in [5.41, 5.74) is 3.58. The molecule has 11 heteroatoms. The lowest BCUT2D eigenvalue weighted by Gasteiger charge is -2.37. The Hall–Kier alpha value is -3.12. The summed E-state index contributed by atoms with van der Waals surface area (Å²) in [4.78, 5) is 45.2. The van der Waals surface area contributed by atoms with Gasteiger partial charge >= 0.3 is 0 Å². The highest BCUT2D eigenvalue weighted by Gasteiger charge is 2.35. The highest BCUT2D eigenvalue weighted by Crippen LogP contribution is 2.36. The van der Waals surface area contributed by atoms with E-state index >= 15 is 0 Å². The molecule has 0 bridgehead atoms. The van der Waals surface area contributed by atoms with Crippen molar-refractivity contribution < 1.29 is 14.4 Å². The zero-order valence-corrected chi connectivity index (χ0v) is 24.1. The van der Waals surface area contributed by atoms with Gasteiger partial charge in [0.25, 0.3) is 5.91 Å². The second kappa shape index (κ2) is 11.8. The minimum Gasteiger partial charge on any atom is -0.352 e. The molecule has 3 aromatic rings. The Balaban J connectivity index is 1.06. The van der Waals surface area contributed by atoms with Gasteiger partial charge in [0.2, 0.25) is 11.8 Å². The molecule has 6 rings (SSSR count). The van der Waals surface area contributed by atoms with Gasteiger partial charge in [0, 0.05) is 38.7 Å². The first-order valence-corrected chi connectivity index (χ1v) is 15.5. The minimum atomic E-state index is -0.145. The number of amides is 3. The van der Waals surface area contributed by atoms with Crippen LogP contribution in [0.15, 0.2) is 36.5 Å². The van der Waals surface area contributed by atoms with E-state index in [9.17, 15) is 14.4 Å². The van der Waals surface area contributed by atoms with Gasteiger partial charge in [-0.3, -0.25) is 14.4 Å². The van der Waals surface area contributed by atoms with E-state index in [1.54, 1.807) is 24.3 Å². The maximum Gasteiger partial charge on any atom is 0.264 e. The second-order valence-electron chi connectivity index (χ2n) is 10.9. The minimum absolute atomic E-state index is 0.00223. The molecule has 3 amide bonds. The van der Waals surface area contributed by atoms with E-state index in [0.717, 1.165) is 59.9 Å². The zero-order chi connectivity index (χ0) is 27.6. The molecule has 40 heavy (non-hydrogen) atoms. The number of hydrogen-bond acceptors (Lipinski definition) is 8. The molecule has 210 valence electrons. The van der Waals surface area contributed by atoms with E-state index in [2.05, 4.69) is 39.5 Å². The number of hydrogen-bond donors (Lipinski definition) is 4. The Labute approximate surface area is 241 Å². The fraction of sp³-hybridized carbons (Fsp3) is 0.448. The average Bonchev–Trinajstić information content (AvgIpc) is 3.66. The first kappa shape index (κ1) is 27.1. The summed E-state index contributed by atoms with van der Waals surface area (Å²) < 4.78 is 0. The van der Waals surface area contributed by atoms with Crippen LogP contribution in [0, 0.1) is 5.92 Å². The summed E-state index contributed by atoms with van der Waals surface area (Å²) in [6.07, 6.45) is 4.79. The van der Waals surface area contributed by atoms with Crippen LogP contribution in [0.25, 0.3) is 10.4 Å². The Bertz CT molecular complexity index is 1400. The van der Waals surface area contributed by atoms with Crippen LogP contribution in [0.2, 0.25) is 0 Å². The van der Waals surface area contributed by atoms with Gasteiger partial charge in [-0.1, -0.05) is 12.1 Å². The molecule has 0 spiro atoms. The van der Waals surface area contributed by atoms with E-state index in [0.29, 0.717) is 35.4 Å². The number of nitrogens with zero attached hydrogens (tertiary/aromatic N) is 2. The van der Waals surface area contributed by atoms with E-state index < -0.39 is 0 Å². The molecular weight excluding hydrogens is 544 g/mol. The van der Waals surface area contributed by atoms with Gasteiger partial charge in [-0.05, 0) is 79.7 Å². The second-order valence-corrected chi connectivity index (χ2v) is 13.0.